The topological polar surface area (TPSA) is 9.86 Å². The zero-order chi connectivity index (χ0) is 48.1. The van der Waals surface area contributed by atoms with Crippen molar-refractivity contribution in [3.05, 3.63) is 197 Å². The fourth-order valence-corrected chi connectivity index (χ4v) is 14.5. The maximum atomic E-state index is 2.81. The average Bonchev–Trinajstić information content (AvgIpc) is 4.02. The van der Waals surface area contributed by atoms with Gasteiger partial charge in [-0.05, 0) is 149 Å². The van der Waals surface area contributed by atoms with Gasteiger partial charge in [-0.2, -0.15) is 0 Å². The quantitative estimate of drug-likeness (QED) is 0.141. The maximum Gasteiger partial charge on any atom is 0.252 e. The largest absolute Gasteiger partial charge is 0.310 e. The lowest BCUT2D eigenvalue weighted by Gasteiger charge is -2.45. The van der Waals surface area contributed by atoms with Crippen molar-refractivity contribution in [2.24, 2.45) is 17.8 Å². The minimum Gasteiger partial charge on any atom is -0.310 e. The molecule has 0 saturated heterocycles. The Labute approximate surface area is 418 Å². The molecule has 15 rings (SSSR count). The minimum atomic E-state index is -0.588. The molecule has 3 aliphatic heterocycles. The van der Waals surface area contributed by atoms with E-state index >= 15 is 0 Å². The molecule has 3 atom stereocenters. The van der Waals surface area contributed by atoms with E-state index in [2.05, 4.69) is 229 Å². The van der Waals surface area contributed by atoms with Crippen LogP contribution in [0.25, 0.3) is 88.0 Å². The van der Waals surface area contributed by atoms with Gasteiger partial charge in [-0.25, -0.2) is 0 Å². The second kappa shape index (κ2) is 14.3. The van der Waals surface area contributed by atoms with E-state index in [9.17, 15) is 0 Å². The van der Waals surface area contributed by atoms with Gasteiger partial charge in [-0.15, -0.1) is 0 Å². The molecule has 2 nitrogen and oxygen atoms in total. The van der Waals surface area contributed by atoms with E-state index in [0.29, 0.717) is 35.5 Å². The zero-order valence-electron chi connectivity index (χ0n) is 42.4. The lowest BCUT2D eigenvalue weighted by Crippen LogP contribution is -2.60. The van der Waals surface area contributed by atoms with Crippen molar-refractivity contribution in [3.63, 3.8) is 0 Å². The summed E-state index contributed by atoms with van der Waals surface area (Å²) in [7, 11) is 0. The summed E-state index contributed by atoms with van der Waals surface area (Å²) >= 11 is 0. The van der Waals surface area contributed by atoms with Gasteiger partial charge in [0.1, 0.15) is 0 Å². The van der Waals surface area contributed by atoms with Gasteiger partial charge in [0.25, 0.3) is 6.71 Å². The van der Waals surface area contributed by atoms with E-state index in [-0.39, 0.29) is 6.71 Å². The molecule has 0 amide bonds. The van der Waals surface area contributed by atoms with Crippen LogP contribution in [0, 0.1) is 17.8 Å². The number of fused-ring (bicyclic) bond motifs is 15. The van der Waals surface area contributed by atoms with Gasteiger partial charge in [0, 0.05) is 43.8 Å². The minimum absolute atomic E-state index is 0.00131. The third-order valence-electron chi connectivity index (χ3n) is 19.0. The van der Waals surface area contributed by atoms with Crippen LogP contribution in [0.2, 0.25) is 0 Å². The van der Waals surface area contributed by atoms with Gasteiger partial charge in [0.05, 0.1) is 22.1 Å². The molecule has 0 radical (unpaired) electrons. The van der Waals surface area contributed by atoms with Gasteiger partial charge in [-0.3, -0.25) is 0 Å². The van der Waals surface area contributed by atoms with Crippen LogP contribution in [-0.2, 0) is 5.41 Å². The molecule has 0 fully saturated rings. The van der Waals surface area contributed by atoms with Crippen molar-refractivity contribution in [2.45, 2.75) is 85.5 Å². The highest BCUT2D eigenvalue weighted by Gasteiger charge is 2.55. The molecule has 1 spiro atoms. The molecule has 1 aliphatic carbocycles. The lowest BCUT2D eigenvalue weighted by atomic mass is 9.33. The highest BCUT2D eigenvalue weighted by molar-refractivity contribution is 7.00. The maximum absolute atomic E-state index is 2.81. The molecule has 0 saturated carbocycles. The fraction of sp³-hybridized carbons (Fsp3) is 0.235. The third-order valence-corrected chi connectivity index (χ3v) is 19.0. The van der Waals surface area contributed by atoms with E-state index < -0.39 is 5.41 Å². The van der Waals surface area contributed by atoms with Crippen molar-refractivity contribution in [2.75, 3.05) is 0 Å². The van der Waals surface area contributed by atoms with Crippen LogP contribution in [0.3, 0.4) is 0 Å². The molecule has 3 heteroatoms. The van der Waals surface area contributed by atoms with Gasteiger partial charge in [-0.1, -0.05) is 190 Å². The zero-order valence-corrected chi connectivity index (χ0v) is 42.4. The van der Waals surface area contributed by atoms with Crippen LogP contribution in [0.15, 0.2) is 158 Å². The van der Waals surface area contributed by atoms with Gasteiger partial charge < -0.3 is 9.13 Å². The Hall–Kier alpha value is -7.10. The highest BCUT2D eigenvalue weighted by Crippen LogP contribution is 2.63. The Balaban J connectivity index is 1.24. The molecular formula is C68H59BN2. The molecule has 4 aliphatic rings. The molecule has 5 heterocycles. The van der Waals surface area contributed by atoms with E-state index in [4.69, 9.17) is 0 Å². The first kappa shape index (κ1) is 41.7. The molecule has 71 heavy (non-hydrogen) atoms. The van der Waals surface area contributed by atoms with Crippen LogP contribution < -0.4 is 16.4 Å². The third kappa shape index (κ3) is 5.05. The predicted molar refractivity (Wildman–Crippen MR) is 303 cm³/mol. The molecule has 344 valence electrons. The first-order chi connectivity index (χ1) is 34.5. The van der Waals surface area contributed by atoms with Crippen molar-refractivity contribution in [1.82, 2.24) is 9.13 Å². The highest BCUT2D eigenvalue weighted by atomic mass is 15.1. The summed E-state index contributed by atoms with van der Waals surface area (Å²) in [6.45, 7) is 21.7. The summed E-state index contributed by atoms with van der Waals surface area (Å²) in [5, 5.41) is 8.04. The molecule has 0 bridgehead atoms. The molecule has 11 aromatic rings. The van der Waals surface area contributed by atoms with Crippen molar-refractivity contribution < 1.29 is 0 Å². The average molecular weight is 915 g/mol. The summed E-state index contributed by atoms with van der Waals surface area (Å²) in [6, 6.07) is 63.0. The Morgan fingerprint density at radius 2 is 0.930 bits per heavy atom. The number of aromatic nitrogens is 2. The Kier molecular flexibility index (Phi) is 8.38. The molecule has 9 aromatic carbocycles. The van der Waals surface area contributed by atoms with Gasteiger partial charge in [0.2, 0.25) is 0 Å². The van der Waals surface area contributed by atoms with Crippen LogP contribution in [-0.4, -0.2) is 15.8 Å². The van der Waals surface area contributed by atoms with Crippen molar-refractivity contribution in [1.29, 1.82) is 0 Å². The van der Waals surface area contributed by atoms with E-state index in [1.807, 2.05) is 0 Å². The summed E-state index contributed by atoms with van der Waals surface area (Å²) < 4.78 is 5.55. The number of para-hydroxylation sites is 1. The Morgan fingerprint density at radius 3 is 1.65 bits per heavy atom. The first-order valence-electron chi connectivity index (χ1n) is 26.6. The van der Waals surface area contributed by atoms with Crippen LogP contribution >= 0.6 is 0 Å². The van der Waals surface area contributed by atoms with Gasteiger partial charge in [0.15, 0.2) is 0 Å². The van der Waals surface area contributed by atoms with Crippen LogP contribution in [0.1, 0.15) is 119 Å². The number of hydrogen-bond acceptors (Lipinski definition) is 0. The predicted octanol–water partition coefficient (Wildman–Crippen LogP) is 15.8. The fourth-order valence-electron chi connectivity index (χ4n) is 14.5. The second-order valence-corrected chi connectivity index (χ2v) is 23.1. The standard InChI is InChI=1S/C68H59BN2/c1-36(2)39(7)43-28-29-61-51(30-43)50-24-17-27-59-64(50)70(61)66-54(47-23-16-19-42-18-10-11-20-46(42)47)35-58-67-62(66)69(59)60-34-45(41(9)38(5)6)32-53-52-31-44(40(8)37(3)4)33-57(63(52)71(67)65(53)60)68(58)55-25-14-12-21-48(55)49-22-13-15-26-56(49)68/h10-41H,1-9H3. The van der Waals surface area contributed by atoms with E-state index in [1.54, 1.807) is 0 Å². The lowest BCUT2D eigenvalue weighted by molar-refractivity contribution is 0.534. The smallest absolute Gasteiger partial charge is 0.252 e. The first-order valence-corrected chi connectivity index (χ1v) is 26.6. The molecule has 0 N–H and O–H groups in total. The number of benzene rings is 9. The Bertz CT molecular complexity index is 4120. The van der Waals surface area contributed by atoms with Crippen molar-refractivity contribution >= 4 is 77.5 Å². The number of rotatable bonds is 7. The molecule has 3 unspecified atom stereocenters. The normalized spacial score (nSPS) is 15.7. The van der Waals surface area contributed by atoms with Gasteiger partial charge >= 0.3 is 0 Å². The van der Waals surface area contributed by atoms with Crippen LogP contribution in [0.4, 0.5) is 0 Å². The SMILES string of the molecule is CC(C)C(C)c1ccc2c(c1)c1cccc3c1n2-c1c(-c2cccc4ccccc24)cc2c4c1B3c1cc(C(C)C(C)C)cc3c5cc(C(C)C(C)C)cc(c5n-4c13)C21c2ccccc2-c2ccccc21. The summed E-state index contributed by atoms with van der Waals surface area (Å²) in [5.41, 5.74) is 27.0. The summed E-state index contributed by atoms with van der Waals surface area (Å²) in [4.78, 5) is 0. The summed E-state index contributed by atoms with van der Waals surface area (Å²) in [6.07, 6.45) is 0. The van der Waals surface area contributed by atoms with E-state index in [0.717, 1.165) is 0 Å². The number of hydrogen-bond donors (Lipinski definition) is 0. The number of nitrogens with zero attached hydrogens (tertiary/aromatic N) is 2. The van der Waals surface area contributed by atoms with E-state index in [1.165, 1.54) is 143 Å². The van der Waals surface area contributed by atoms with Crippen LogP contribution in [0.5, 0.6) is 0 Å². The molecule has 2 aromatic heterocycles. The second-order valence-electron chi connectivity index (χ2n) is 23.1. The summed E-state index contributed by atoms with van der Waals surface area (Å²) in [5.74, 6) is 2.68. The van der Waals surface area contributed by atoms with Crippen molar-refractivity contribution in [3.8, 4) is 33.6 Å². The Morgan fingerprint density at radius 1 is 0.366 bits per heavy atom. The monoisotopic (exact) mass is 914 g/mol. The molecular weight excluding hydrogens is 856 g/mol.